The molecule has 9 nitrogen and oxygen atoms in total. The molecule has 1 unspecified atom stereocenters. The van der Waals surface area contributed by atoms with Gasteiger partial charge in [0.05, 0.1) is 17.6 Å². The summed E-state index contributed by atoms with van der Waals surface area (Å²) < 4.78 is 30.1. The summed E-state index contributed by atoms with van der Waals surface area (Å²) in [5, 5.41) is 0. The zero-order chi connectivity index (χ0) is 26.0. The first-order valence-corrected chi connectivity index (χ1v) is 13.0. The lowest BCUT2D eigenvalue weighted by molar-refractivity contribution is -0.157. The van der Waals surface area contributed by atoms with Crippen LogP contribution >= 0.6 is 8.30 Å². The van der Waals surface area contributed by atoms with E-state index < -0.39 is 50.0 Å². The number of rotatable bonds is 8. The predicted octanol–water partition coefficient (Wildman–Crippen LogP) is 3.62. The second-order valence-electron chi connectivity index (χ2n) is 10.1. The lowest BCUT2D eigenvalue weighted by Crippen LogP contribution is -2.43. The fourth-order valence-corrected chi connectivity index (χ4v) is 5.92. The summed E-state index contributed by atoms with van der Waals surface area (Å²) >= 11 is 0. The summed E-state index contributed by atoms with van der Waals surface area (Å²) in [7, 11) is -0.934. The van der Waals surface area contributed by atoms with Crippen LogP contribution in [0.3, 0.4) is 0 Å². The lowest BCUT2D eigenvalue weighted by Gasteiger charge is -2.36. The molecule has 0 radical (unpaired) electrons. The van der Waals surface area contributed by atoms with Crippen molar-refractivity contribution in [2.45, 2.75) is 106 Å². The van der Waals surface area contributed by atoms with E-state index in [0.717, 1.165) is 4.57 Å². The van der Waals surface area contributed by atoms with Crippen molar-refractivity contribution in [1.82, 2.24) is 13.8 Å². The first-order valence-electron chi connectivity index (χ1n) is 12.0. The maximum absolute atomic E-state index is 13.2. The van der Waals surface area contributed by atoms with E-state index in [9.17, 15) is 14.4 Å². The molecule has 0 amide bonds. The Morgan fingerprint density at radius 1 is 1.30 bits per heavy atom. The van der Waals surface area contributed by atoms with Crippen LogP contribution in [-0.2, 0) is 25.5 Å². The number of hydrogen-bond acceptors (Lipinski definition) is 7. The number of nitrogens with zero attached hydrogens (tertiary/aromatic N) is 3. The molecular weight excluding hydrogens is 445 g/mol. The van der Waals surface area contributed by atoms with Crippen LogP contribution in [0.5, 0.6) is 0 Å². The van der Waals surface area contributed by atoms with E-state index in [0.29, 0.717) is 24.1 Å². The van der Waals surface area contributed by atoms with E-state index >= 15 is 0 Å². The molecule has 0 N–H and O–H groups in total. The monoisotopic (exact) mass is 486 g/mol. The highest BCUT2D eigenvalue weighted by Gasteiger charge is 2.37. The maximum Gasteiger partial charge on any atom is 0.335 e. The molecular formula is C23H40N3O6P. The van der Waals surface area contributed by atoms with Gasteiger partial charge in [-0.15, -0.1) is 0 Å². The molecule has 10 heteroatoms. The second kappa shape index (κ2) is 10.8. The molecule has 4 atom stereocenters. The van der Waals surface area contributed by atoms with Crippen molar-refractivity contribution < 1.29 is 20.2 Å². The average molecular weight is 487 g/mol. The van der Waals surface area contributed by atoms with Crippen LogP contribution in [0.1, 0.15) is 74.9 Å². The molecule has 0 bridgehead atoms. The number of carbonyl (C=O) groups is 1. The van der Waals surface area contributed by atoms with E-state index in [1.165, 1.54) is 10.8 Å². The van der Waals surface area contributed by atoms with Gasteiger partial charge in [-0.05, 0) is 69.0 Å². The second-order valence-corrected chi connectivity index (χ2v) is 11.7. The Labute approximate surface area is 199 Å². The van der Waals surface area contributed by atoms with Crippen LogP contribution in [0, 0.1) is 12.3 Å². The lowest BCUT2D eigenvalue weighted by atomic mass is 9.98. The van der Waals surface area contributed by atoms with Gasteiger partial charge in [-0.1, -0.05) is 0 Å². The first-order chi connectivity index (χ1) is 15.7. The van der Waals surface area contributed by atoms with Crippen molar-refractivity contribution in [3.8, 4) is 0 Å². The minimum Gasteiger partial charge on any atom is -0.443 e. The number of aryl methyl sites for hydroxylation is 1. The van der Waals surface area contributed by atoms with E-state index in [2.05, 4.69) is 32.4 Å². The van der Waals surface area contributed by atoms with Crippen molar-refractivity contribution in [2.75, 3.05) is 6.66 Å². The van der Waals surface area contributed by atoms with Crippen LogP contribution in [-0.4, -0.2) is 50.7 Å². The SMILES string of the molecule is [2H]C[C@H]1O[C@@H](n2cc(C)c(=O)n(COC(=O)C(C)(C)C)c2=O)C[C@H]1OP(C)N(C(C)C)C(C)C. The summed E-state index contributed by atoms with van der Waals surface area (Å²) in [6.07, 6.45) is 0.294. The van der Waals surface area contributed by atoms with Gasteiger partial charge in [0, 0.05) is 31.6 Å². The molecule has 1 aromatic rings. The fourth-order valence-electron chi connectivity index (χ4n) is 3.90. The van der Waals surface area contributed by atoms with E-state index in [4.69, 9.17) is 15.4 Å². The summed E-state index contributed by atoms with van der Waals surface area (Å²) in [4.78, 5) is 37.9. The summed E-state index contributed by atoms with van der Waals surface area (Å²) in [6.45, 7) is 16.7. The summed E-state index contributed by atoms with van der Waals surface area (Å²) in [6, 6.07) is 0.599. The highest BCUT2D eigenvalue weighted by molar-refractivity contribution is 7.49. The van der Waals surface area contributed by atoms with E-state index in [1.807, 2.05) is 6.66 Å². The summed E-state index contributed by atoms with van der Waals surface area (Å²) in [5.41, 5.74) is -1.58. The standard InChI is InChI=1S/C23H40N3O6P/c1-14(2)26(15(3)4)33(10)32-18-11-19(31-17(18)6)24-12-16(5)20(27)25(22(24)29)13-30-21(28)23(7,8)9/h12,14-15,17-19H,11,13H2,1-10H3/t17-,18-,19-,33?/m1/s1/i6D. The van der Waals surface area contributed by atoms with Gasteiger partial charge in [-0.2, -0.15) is 0 Å². The number of ether oxygens (including phenoxy) is 2. The quantitative estimate of drug-likeness (QED) is 0.409. The van der Waals surface area contributed by atoms with Crippen LogP contribution in [0.25, 0.3) is 0 Å². The Morgan fingerprint density at radius 2 is 1.91 bits per heavy atom. The van der Waals surface area contributed by atoms with Gasteiger partial charge >= 0.3 is 11.7 Å². The van der Waals surface area contributed by atoms with Crippen LogP contribution in [0.2, 0.25) is 0 Å². The molecule has 1 aromatic heterocycles. The molecule has 0 aliphatic carbocycles. The van der Waals surface area contributed by atoms with Gasteiger partial charge in [0.1, 0.15) is 14.5 Å². The van der Waals surface area contributed by atoms with Crippen molar-refractivity contribution in [3.05, 3.63) is 32.6 Å². The molecule has 1 aliphatic heterocycles. The van der Waals surface area contributed by atoms with Gasteiger partial charge in [0.25, 0.3) is 5.56 Å². The topological polar surface area (TPSA) is 92.0 Å². The van der Waals surface area contributed by atoms with Crippen molar-refractivity contribution in [2.24, 2.45) is 5.41 Å². The number of aromatic nitrogens is 2. The molecule has 0 aromatic carbocycles. The summed E-state index contributed by atoms with van der Waals surface area (Å²) in [5.74, 6) is -0.511. The molecule has 0 spiro atoms. The largest absolute Gasteiger partial charge is 0.443 e. The van der Waals surface area contributed by atoms with Gasteiger partial charge in [0.2, 0.25) is 0 Å². The third kappa shape index (κ3) is 6.53. The number of esters is 1. The number of hydrogen-bond donors (Lipinski definition) is 0. The van der Waals surface area contributed by atoms with Crippen LogP contribution < -0.4 is 11.2 Å². The fraction of sp³-hybridized carbons (Fsp3) is 0.783. The third-order valence-corrected chi connectivity index (χ3v) is 7.62. The van der Waals surface area contributed by atoms with Crippen LogP contribution in [0.4, 0.5) is 0 Å². The molecule has 2 rings (SSSR count). The smallest absolute Gasteiger partial charge is 0.335 e. The Hall–Kier alpha value is -1.54. The normalized spacial score (nSPS) is 22.8. The van der Waals surface area contributed by atoms with Crippen molar-refractivity contribution >= 4 is 14.3 Å². The zero-order valence-electron chi connectivity index (χ0n) is 22.3. The highest BCUT2D eigenvalue weighted by atomic mass is 31.2. The molecule has 1 fully saturated rings. The Balaban J connectivity index is 2.29. The molecule has 2 heterocycles. The van der Waals surface area contributed by atoms with Gasteiger partial charge in [-0.25, -0.2) is 9.36 Å². The highest BCUT2D eigenvalue weighted by Crippen LogP contribution is 2.45. The number of carbonyl (C=O) groups excluding carboxylic acids is 1. The van der Waals surface area contributed by atoms with Crippen molar-refractivity contribution in [3.63, 3.8) is 0 Å². The maximum atomic E-state index is 13.2. The van der Waals surface area contributed by atoms with E-state index in [1.54, 1.807) is 27.7 Å². The molecule has 1 aliphatic rings. The molecule has 33 heavy (non-hydrogen) atoms. The van der Waals surface area contributed by atoms with Gasteiger partial charge in [0.15, 0.2) is 6.73 Å². The van der Waals surface area contributed by atoms with Crippen molar-refractivity contribution in [1.29, 1.82) is 0 Å². The van der Waals surface area contributed by atoms with Crippen LogP contribution in [0.15, 0.2) is 15.8 Å². The third-order valence-electron chi connectivity index (χ3n) is 5.47. The van der Waals surface area contributed by atoms with E-state index in [-0.39, 0.29) is 13.0 Å². The first kappa shape index (κ1) is 26.1. The Kier molecular flexibility index (Phi) is 8.54. The molecule has 1 saturated heterocycles. The predicted molar refractivity (Wildman–Crippen MR) is 129 cm³/mol. The Morgan fingerprint density at radius 3 is 2.42 bits per heavy atom. The minimum atomic E-state index is -0.934. The zero-order valence-corrected chi connectivity index (χ0v) is 22.2. The van der Waals surface area contributed by atoms with Gasteiger partial charge < -0.3 is 14.0 Å². The minimum absolute atomic E-state index is 0.00966. The average Bonchev–Trinajstić information content (AvgIpc) is 3.11. The van der Waals surface area contributed by atoms with Gasteiger partial charge in [-0.3, -0.25) is 18.8 Å². The Bertz CT molecular complexity index is 963. The molecule has 188 valence electrons. The molecule has 0 saturated carbocycles.